The molecule has 1 unspecified atom stereocenters. The molecule has 1 fully saturated rings. The molecule has 5 heteroatoms. The van der Waals surface area contributed by atoms with Crippen LogP contribution in [0.4, 0.5) is 0 Å². The molecule has 1 aromatic carbocycles. The maximum absolute atomic E-state index is 12.4. The Hall–Kier alpha value is -1.62. The molecule has 0 spiro atoms. The van der Waals surface area contributed by atoms with Gasteiger partial charge in [0.2, 0.25) is 5.91 Å². The number of para-hydroxylation sites is 2. The minimum atomic E-state index is -0.151. The van der Waals surface area contributed by atoms with E-state index >= 15 is 0 Å². The summed E-state index contributed by atoms with van der Waals surface area (Å²) in [6.45, 7) is 11.6. The second-order valence-electron chi connectivity index (χ2n) is 7.14. The molecule has 0 N–H and O–H groups in total. The maximum Gasteiger partial charge on any atom is 0.223 e. The quantitative estimate of drug-likeness (QED) is 0.810. The van der Waals surface area contributed by atoms with Crippen LogP contribution in [0.15, 0.2) is 35.3 Å². The molecule has 0 radical (unpaired) electrons. The Kier molecular flexibility index (Phi) is 4.08. The molecule has 1 saturated heterocycles. The van der Waals surface area contributed by atoms with E-state index in [0.717, 1.165) is 27.9 Å². The zero-order valence-electron chi connectivity index (χ0n) is 13.8. The highest BCUT2D eigenvalue weighted by Crippen LogP contribution is 2.34. The van der Waals surface area contributed by atoms with Gasteiger partial charge in [0, 0.05) is 28.9 Å². The molecule has 1 atom stereocenters. The van der Waals surface area contributed by atoms with Gasteiger partial charge in [-0.2, -0.15) is 0 Å². The van der Waals surface area contributed by atoms with Gasteiger partial charge < -0.3 is 9.47 Å². The number of rotatable bonds is 3. The SMILES string of the molecule is C=C(Br)Cn1c(C2CC(=O)N(C(C)(C)C)C2)nc2ccccc21. The van der Waals surface area contributed by atoms with Crippen LogP contribution in [-0.2, 0) is 11.3 Å². The molecule has 1 aromatic heterocycles. The number of benzene rings is 1. The van der Waals surface area contributed by atoms with Gasteiger partial charge in [0.1, 0.15) is 5.82 Å². The van der Waals surface area contributed by atoms with Crippen LogP contribution in [0.5, 0.6) is 0 Å². The lowest BCUT2D eigenvalue weighted by molar-refractivity contribution is -0.131. The number of nitrogens with zero attached hydrogens (tertiary/aromatic N) is 3. The molecule has 0 aliphatic carbocycles. The molecular weight excluding hydrogens is 354 g/mol. The Morgan fingerprint density at radius 3 is 2.70 bits per heavy atom. The third-order valence-electron chi connectivity index (χ3n) is 4.31. The first-order valence-corrected chi connectivity index (χ1v) is 8.65. The van der Waals surface area contributed by atoms with Crippen molar-refractivity contribution >= 4 is 32.9 Å². The van der Waals surface area contributed by atoms with E-state index in [1.165, 1.54) is 0 Å². The number of halogens is 1. The average Bonchev–Trinajstić information content (AvgIpc) is 2.99. The van der Waals surface area contributed by atoms with Crippen LogP contribution in [0.3, 0.4) is 0 Å². The molecule has 1 amide bonds. The normalized spacial score (nSPS) is 18.9. The van der Waals surface area contributed by atoms with Crippen molar-refractivity contribution < 1.29 is 4.79 Å². The Morgan fingerprint density at radius 2 is 2.09 bits per heavy atom. The zero-order chi connectivity index (χ0) is 16.8. The first-order valence-electron chi connectivity index (χ1n) is 7.86. The van der Waals surface area contributed by atoms with Crippen LogP contribution in [0, 0.1) is 0 Å². The average molecular weight is 376 g/mol. The van der Waals surface area contributed by atoms with Gasteiger partial charge in [0.15, 0.2) is 0 Å². The van der Waals surface area contributed by atoms with Gasteiger partial charge in [0.25, 0.3) is 0 Å². The van der Waals surface area contributed by atoms with Crippen LogP contribution < -0.4 is 0 Å². The number of allylic oxidation sites excluding steroid dienone is 1. The minimum absolute atomic E-state index is 0.126. The predicted octanol–water partition coefficient (Wildman–Crippen LogP) is 4.06. The molecule has 4 nitrogen and oxygen atoms in total. The molecule has 0 bridgehead atoms. The van der Waals surface area contributed by atoms with Gasteiger partial charge in [-0.1, -0.05) is 34.6 Å². The number of fused-ring (bicyclic) bond motifs is 1. The highest BCUT2D eigenvalue weighted by Gasteiger charge is 2.38. The van der Waals surface area contributed by atoms with Gasteiger partial charge in [0.05, 0.1) is 17.6 Å². The molecule has 1 aliphatic heterocycles. The van der Waals surface area contributed by atoms with Crippen molar-refractivity contribution in [1.82, 2.24) is 14.5 Å². The molecule has 2 heterocycles. The molecule has 0 saturated carbocycles. The topological polar surface area (TPSA) is 38.1 Å². The van der Waals surface area contributed by atoms with Crippen molar-refractivity contribution in [3.63, 3.8) is 0 Å². The molecule has 23 heavy (non-hydrogen) atoms. The first-order chi connectivity index (χ1) is 10.8. The van der Waals surface area contributed by atoms with Gasteiger partial charge in [-0.05, 0) is 32.9 Å². The molecule has 122 valence electrons. The van der Waals surface area contributed by atoms with Crippen LogP contribution >= 0.6 is 15.9 Å². The van der Waals surface area contributed by atoms with Crippen molar-refractivity contribution in [2.75, 3.05) is 6.54 Å². The summed E-state index contributed by atoms with van der Waals surface area (Å²) in [7, 11) is 0. The largest absolute Gasteiger partial charge is 0.337 e. The van der Waals surface area contributed by atoms with Crippen molar-refractivity contribution in [3.8, 4) is 0 Å². The highest BCUT2D eigenvalue weighted by atomic mass is 79.9. The number of hydrogen-bond donors (Lipinski definition) is 0. The predicted molar refractivity (Wildman–Crippen MR) is 96.6 cm³/mol. The van der Waals surface area contributed by atoms with E-state index in [4.69, 9.17) is 4.98 Å². The summed E-state index contributed by atoms with van der Waals surface area (Å²) in [5.74, 6) is 1.31. The standard InChI is InChI=1S/C18H22BrN3O/c1-12(19)10-21-15-8-6-5-7-14(15)20-17(21)13-9-16(23)22(11-13)18(2,3)4/h5-8,13H,1,9-11H2,2-4H3. The zero-order valence-corrected chi connectivity index (χ0v) is 15.4. The Morgan fingerprint density at radius 1 is 1.39 bits per heavy atom. The van der Waals surface area contributed by atoms with Gasteiger partial charge in [-0.25, -0.2) is 4.98 Å². The minimum Gasteiger partial charge on any atom is -0.337 e. The summed E-state index contributed by atoms with van der Waals surface area (Å²) in [6.07, 6.45) is 0.523. The smallest absolute Gasteiger partial charge is 0.223 e. The third kappa shape index (κ3) is 3.07. The molecule has 3 rings (SSSR count). The van der Waals surface area contributed by atoms with E-state index in [0.29, 0.717) is 13.0 Å². The van der Waals surface area contributed by atoms with Gasteiger partial charge >= 0.3 is 0 Å². The lowest BCUT2D eigenvalue weighted by atomic mass is 10.1. The lowest BCUT2D eigenvalue weighted by Crippen LogP contribution is -2.42. The Labute approximate surface area is 145 Å². The molecular formula is C18H22BrN3O. The monoisotopic (exact) mass is 375 g/mol. The van der Waals surface area contributed by atoms with Crippen LogP contribution in [-0.4, -0.2) is 32.4 Å². The highest BCUT2D eigenvalue weighted by molar-refractivity contribution is 9.11. The second-order valence-corrected chi connectivity index (χ2v) is 8.26. The summed E-state index contributed by atoms with van der Waals surface area (Å²) >= 11 is 3.46. The Balaban J connectivity index is 2.03. The number of amides is 1. The number of imidazole rings is 1. The van der Waals surface area contributed by atoms with Crippen LogP contribution in [0.1, 0.15) is 38.9 Å². The summed E-state index contributed by atoms with van der Waals surface area (Å²) in [5, 5.41) is 0. The molecule has 2 aromatic rings. The van der Waals surface area contributed by atoms with Crippen LogP contribution in [0.25, 0.3) is 11.0 Å². The number of hydrogen-bond acceptors (Lipinski definition) is 2. The van der Waals surface area contributed by atoms with Crippen molar-refractivity contribution in [1.29, 1.82) is 0 Å². The number of aromatic nitrogens is 2. The van der Waals surface area contributed by atoms with Gasteiger partial charge in [-0.3, -0.25) is 4.79 Å². The number of likely N-dealkylation sites (tertiary alicyclic amines) is 1. The Bertz CT molecular complexity index is 772. The fourth-order valence-corrected chi connectivity index (χ4v) is 3.52. The van der Waals surface area contributed by atoms with Crippen molar-refractivity contribution in [2.45, 2.75) is 45.2 Å². The maximum atomic E-state index is 12.4. The van der Waals surface area contributed by atoms with E-state index < -0.39 is 0 Å². The number of carbonyl (C=O) groups excluding carboxylic acids is 1. The van der Waals surface area contributed by atoms with Crippen molar-refractivity contribution in [3.05, 3.63) is 41.2 Å². The van der Waals surface area contributed by atoms with E-state index in [-0.39, 0.29) is 17.4 Å². The van der Waals surface area contributed by atoms with Gasteiger partial charge in [-0.15, -0.1) is 0 Å². The second kappa shape index (κ2) is 5.78. The first kappa shape index (κ1) is 16.2. The lowest BCUT2D eigenvalue weighted by Gasteiger charge is -2.32. The van der Waals surface area contributed by atoms with E-state index in [2.05, 4.69) is 53.9 Å². The fraction of sp³-hybridized carbons (Fsp3) is 0.444. The fourth-order valence-electron chi connectivity index (χ4n) is 3.27. The van der Waals surface area contributed by atoms with Crippen LogP contribution in [0.2, 0.25) is 0 Å². The summed E-state index contributed by atoms with van der Waals surface area (Å²) < 4.78 is 3.08. The molecule has 1 aliphatic rings. The van der Waals surface area contributed by atoms with E-state index in [9.17, 15) is 4.79 Å². The summed E-state index contributed by atoms with van der Waals surface area (Å²) in [6, 6.07) is 8.10. The van der Waals surface area contributed by atoms with E-state index in [1.807, 2.05) is 23.1 Å². The third-order valence-corrected chi connectivity index (χ3v) is 4.56. The number of carbonyl (C=O) groups is 1. The van der Waals surface area contributed by atoms with E-state index in [1.54, 1.807) is 0 Å². The van der Waals surface area contributed by atoms with Crippen molar-refractivity contribution in [2.24, 2.45) is 0 Å². The summed E-state index contributed by atoms with van der Waals surface area (Å²) in [4.78, 5) is 19.2. The summed E-state index contributed by atoms with van der Waals surface area (Å²) in [5.41, 5.74) is 1.91.